The van der Waals surface area contributed by atoms with Crippen molar-refractivity contribution in [1.82, 2.24) is 10.2 Å². The first-order valence-electron chi connectivity index (χ1n) is 8.18. The molecule has 4 unspecified atom stereocenters. The second-order valence-electron chi connectivity index (χ2n) is 6.67. The fourth-order valence-corrected chi connectivity index (χ4v) is 3.71. The number of amides is 1. The molecule has 0 aromatic rings. The predicted octanol–water partition coefficient (Wildman–Crippen LogP) is 3.15. The maximum absolute atomic E-state index is 12.4. The second kappa shape index (κ2) is 6.74. The molecule has 0 bridgehead atoms. The highest BCUT2D eigenvalue weighted by atomic mass is 16.2. The van der Waals surface area contributed by atoms with Gasteiger partial charge in [0, 0.05) is 6.54 Å². The van der Waals surface area contributed by atoms with Crippen LogP contribution in [0.25, 0.3) is 0 Å². The number of nitrogens with zero attached hydrogens (tertiary/aromatic N) is 1. The highest BCUT2D eigenvalue weighted by Crippen LogP contribution is 2.30. The molecule has 2 fully saturated rings. The first-order chi connectivity index (χ1) is 9.11. The molecule has 1 amide bonds. The van der Waals surface area contributed by atoms with Gasteiger partial charge in [-0.2, -0.15) is 0 Å². The summed E-state index contributed by atoms with van der Waals surface area (Å²) in [6, 6.07) is 0.0796. The van der Waals surface area contributed by atoms with Crippen LogP contribution in [0.2, 0.25) is 0 Å². The van der Waals surface area contributed by atoms with Crippen molar-refractivity contribution in [2.75, 3.05) is 6.54 Å². The van der Waals surface area contributed by atoms with Crippen LogP contribution in [-0.4, -0.2) is 29.6 Å². The Kier molecular flexibility index (Phi) is 5.26. The molecule has 1 saturated heterocycles. The summed E-state index contributed by atoms with van der Waals surface area (Å²) in [5, 5.41) is 3.47. The molecule has 0 aromatic heterocycles. The molecule has 19 heavy (non-hydrogen) atoms. The molecule has 3 nitrogen and oxygen atoms in total. The number of carbonyl (C=O) groups is 1. The van der Waals surface area contributed by atoms with Gasteiger partial charge in [0.1, 0.15) is 0 Å². The highest BCUT2D eigenvalue weighted by molar-refractivity contribution is 5.84. The molecule has 1 N–H and O–H groups in total. The zero-order chi connectivity index (χ0) is 13.8. The van der Waals surface area contributed by atoms with Gasteiger partial charge >= 0.3 is 0 Å². The van der Waals surface area contributed by atoms with Gasteiger partial charge in [0.25, 0.3) is 0 Å². The summed E-state index contributed by atoms with van der Waals surface area (Å²) in [5.74, 6) is 1.91. The maximum Gasteiger partial charge on any atom is 0.241 e. The Morgan fingerprint density at radius 2 is 2.11 bits per heavy atom. The molecule has 1 aliphatic carbocycles. The Bertz CT molecular complexity index is 305. The first kappa shape index (κ1) is 14.8. The summed E-state index contributed by atoms with van der Waals surface area (Å²) >= 11 is 0. The van der Waals surface area contributed by atoms with E-state index in [1.807, 2.05) is 0 Å². The maximum atomic E-state index is 12.4. The van der Waals surface area contributed by atoms with Crippen LogP contribution in [0.3, 0.4) is 0 Å². The molecule has 1 saturated carbocycles. The van der Waals surface area contributed by atoms with Gasteiger partial charge in [0.2, 0.25) is 5.91 Å². The van der Waals surface area contributed by atoms with Crippen LogP contribution >= 0.6 is 0 Å². The third kappa shape index (κ3) is 3.71. The zero-order valence-electron chi connectivity index (χ0n) is 12.8. The van der Waals surface area contributed by atoms with E-state index >= 15 is 0 Å². The Morgan fingerprint density at radius 1 is 1.32 bits per heavy atom. The van der Waals surface area contributed by atoms with Gasteiger partial charge in [0.05, 0.1) is 12.2 Å². The molecule has 4 atom stereocenters. The van der Waals surface area contributed by atoms with Crippen LogP contribution in [0.5, 0.6) is 0 Å². The van der Waals surface area contributed by atoms with Gasteiger partial charge in [-0.3, -0.25) is 10.1 Å². The van der Waals surface area contributed by atoms with Gasteiger partial charge in [-0.25, -0.2) is 0 Å². The lowest BCUT2D eigenvalue weighted by Crippen LogP contribution is -2.39. The lowest BCUT2D eigenvalue weighted by atomic mass is 9.82. The Balaban J connectivity index is 1.87. The van der Waals surface area contributed by atoms with Gasteiger partial charge in [-0.1, -0.05) is 39.5 Å². The second-order valence-corrected chi connectivity index (χ2v) is 6.67. The van der Waals surface area contributed by atoms with Crippen LogP contribution in [0.4, 0.5) is 0 Å². The van der Waals surface area contributed by atoms with Crippen LogP contribution in [0.15, 0.2) is 0 Å². The summed E-state index contributed by atoms with van der Waals surface area (Å²) in [4.78, 5) is 14.5. The summed E-state index contributed by atoms with van der Waals surface area (Å²) in [5.41, 5.74) is 0. The summed E-state index contributed by atoms with van der Waals surface area (Å²) in [7, 11) is 0. The minimum atomic E-state index is 0.0796. The van der Waals surface area contributed by atoms with E-state index in [4.69, 9.17) is 0 Å². The third-order valence-electron chi connectivity index (χ3n) is 4.84. The zero-order valence-corrected chi connectivity index (χ0v) is 12.8. The molecular weight excluding hydrogens is 236 g/mol. The number of carbonyl (C=O) groups excluding carboxylic acids is 1. The minimum Gasteiger partial charge on any atom is -0.326 e. The van der Waals surface area contributed by atoms with E-state index in [1.54, 1.807) is 0 Å². The van der Waals surface area contributed by atoms with Crippen molar-refractivity contribution in [3.05, 3.63) is 0 Å². The summed E-state index contributed by atoms with van der Waals surface area (Å²) in [6.45, 7) is 7.64. The molecule has 1 aliphatic heterocycles. The topological polar surface area (TPSA) is 32.3 Å². The molecule has 3 heteroatoms. The van der Waals surface area contributed by atoms with Crippen molar-refractivity contribution in [2.45, 2.75) is 77.9 Å². The SMILES string of the molecule is CCCCC1NC(C)N(CC2CCCC(C)C2)C1=O. The van der Waals surface area contributed by atoms with Crippen molar-refractivity contribution in [2.24, 2.45) is 11.8 Å². The Labute approximate surface area is 118 Å². The van der Waals surface area contributed by atoms with E-state index < -0.39 is 0 Å². The predicted molar refractivity (Wildman–Crippen MR) is 78.7 cm³/mol. The Morgan fingerprint density at radius 3 is 2.79 bits per heavy atom. The third-order valence-corrected chi connectivity index (χ3v) is 4.84. The molecule has 2 rings (SSSR count). The van der Waals surface area contributed by atoms with E-state index in [0.29, 0.717) is 5.91 Å². The quantitative estimate of drug-likeness (QED) is 0.829. The standard InChI is InChI=1S/C16H30N2O/c1-4-5-9-15-16(19)18(13(3)17-15)11-14-8-6-7-12(2)10-14/h12-15,17H,4-11H2,1-3H3. The van der Waals surface area contributed by atoms with Crippen molar-refractivity contribution in [3.8, 4) is 0 Å². The van der Waals surface area contributed by atoms with Crippen LogP contribution in [-0.2, 0) is 4.79 Å². The molecule has 110 valence electrons. The van der Waals surface area contributed by atoms with Crippen LogP contribution in [0.1, 0.15) is 65.7 Å². The number of hydrogen-bond acceptors (Lipinski definition) is 2. The number of nitrogens with one attached hydrogen (secondary N) is 1. The van der Waals surface area contributed by atoms with E-state index in [2.05, 4.69) is 31.0 Å². The van der Waals surface area contributed by atoms with E-state index in [1.165, 1.54) is 32.1 Å². The number of unbranched alkanes of at least 4 members (excludes halogenated alkanes) is 1. The molecule has 1 heterocycles. The van der Waals surface area contributed by atoms with E-state index in [-0.39, 0.29) is 12.2 Å². The fraction of sp³-hybridized carbons (Fsp3) is 0.938. The van der Waals surface area contributed by atoms with Crippen LogP contribution < -0.4 is 5.32 Å². The lowest BCUT2D eigenvalue weighted by Gasteiger charge is -2.31. The average molecular weight is 266 g/mol. The largest absolute Gasteiger partial charge is 0.326 e. The molecule has 0 radical (unpaired) electrons. The van der Waals surface area contributed by atoms with Gasteiger partial charge in [-0.05, 0) is 38.0 Å². The van der Waals surface area contributed by atoms with Crippen molar-refractivity contribution in [1.29, 1.82) is 0 Å². The van der Waals surface area contributed by atoms with Crippen molar-refractivity contribution < 1.29 is 4.79 Å². The molecule has 0 aromatic carbocycles. The summed E-state index contributed by atoms with van der Waals surface area (Å²) in [6.07, 6.45) is 8.86. The smallest absolute Gasteiger partial charge is 0.241 e. The van der Waals surface area contributed by atoms with Gasteiger partial charge in [-0.15, -0.1) is 0 Å². The number of hydrogen-bond donors (Lipinski definition) is 1. The number of rotatable bonds is 5. The fourth-order valence-electron chi connectivity index (χ4n) is 3.71. The normalized spacial score (nSPS) is 35.9. The van der Waals surface area contributed by atoms with Crippen molar-refractivity contribution >= 4 is 5.91 Å². The molecular formula is C16H30N2O. The van der Waals surface area contributed by atoms with E-state index in [0.717, 1.165) is 31.2 Å². The Hall–Kier alpha value is -0.570. The monoisotopic (exact) mass is 266 g/mol. The summed E-state index contributed by atoms with van der Waals surface area (Å²) < 4.78 is 0. The van der Waals surface area contributed by atoms with Crippen molar-refractivity contribution in [3.63, 3.8) is 0 Å². The molecule has 0 spiro atoms. The van der Waals surface area contributed by atoms with Gasteiger partial charge < -0.3 is 4.90 Å². The average Bonchev–Trinajstić information content (AvgIpc) is 2.64. The lowest BCUT2D eigenvalue weighted by molar-refractivity contribution is -0.130. The molecule has 2 aliphatic rings. The minimum absolute atomic E-state index is 0.0796. The van der Waals surface area contributed by atoms with Crippen LogP contribution in [0, 0.1) is 11.8 Å². The van der Waals surface area contributed by atoms with Gasteiger partial charge in [0.15, 0.2) is 0 Å². The first-order valence-corrected chi connectivity index (χ1v) is 8.18. The highest BCUT2D eigenvalue weighted by Gasteiger charge is 2.37. The van der Waals surface area contributed by atoms with E-state index in [9.17, 15) is 4.79 Å².